The minimum atomic E-state index is -4.12. The molecule has 0 aromatic heterocycles. The van der Waals surface area contributed by atoms with Crippen LogP contribution < -0.4 is 19.7 Å². The maximum absolute atomic E-state index is 13.3. The summed E-state index contributed by atoms with van der Waals surface area (Å²) in [5.41, 5.74) is 6.07. The van der Waals surface area contributed by atoms with Gasteiger partial charge < -0.3 is 15.2 Å². The van der Waals surface area contributed by atoms with Crippen molar-refractivity contribution in [2.75, 3.05) is 22.9 Å². The number of anilines is 2. The van der Waals surface area contributed by atoms with Crippen molar-refractivity contribution in [1.29, 1.82) is 0 Å². The number of hydrogen-bond donors (Lipinski definition) is 1. The normalized spacial score (nSPS) is 22.0. The van der Waals surface area contributed by atoms with E-state index in [9.17, 15) is 18.0 Å². The van der Waals surface area contributed by atoms with Gasteiger partial charge in [-0.15, -0.1) is 0 Å². The van der Waals surface area contributed by atoms with Crippen molar-refractivity contribution in [2.24, 2.45) is 17.6 Å². The number of benzene rings is 2. The fourth-order valence-electron chi connectivity index (χ4n) is 4.82. The van der Waals surface area contributed by atoms with Crippen molar-refractivity contribution in [3.8, 4) is 5.75 Å². The van der Waals surface area contributed by atoms with E-state index in [1.165, 1.54) is 42.3 Å². The number of carbonyl (C=O) groups excluding carboxylic acids is 2. The Kier molecular flexibility index (Phi) is 7.97. The van der Waals surface area contributed by atoms with Crippen LogP contribution in [-0.2, 0) is 19.6 Å². The number of urea groups is 1. The van der Waals surface area contributed by atoms with E-state index in [0.29, 0.717) is 17.4 Å². The smallest absolute Gasteiger partial charge is 0.342 e. The van der Waals surface area contributed by atoms with E-state index in [4.69, 9.17) is 26.8 Å². The number of rotatable bonds is 6. The zero-order chi connectivity index (χ0) is 27.8. The number of hydrogen-bond acceptors (Lipinski definition) is 7. The number of fused-ring (bicyclic) bond motifs is 1. The Morgan fingerprint density at radius 3 is 2.34 bits per heavy atom. The molecule has 1 atom stereocenters. The summed E-state index contributed by atoms with van der Waals surface area (Å²) in [5, 5.41) is 0.436. The molecule has 1 aliphatic carbocycles. The maximum Gasteiger partial charge on any atom is 0.342 e. The third kappa shape index (κ3) is 5.92. The summed E-state index contributed by atoms with van der Waals surface area (Å²) in [6.07, 6.45) is 3.31. The highest BCUT2D eigenvalue weighted by molar-refractivity contribution is 7.94. The fraction of sp³-hybridized carbons (Fsp3) is 0.481. The molecule has 1 aliphatic heterocycles. The van der Waals surface area contributed by atoms with Crippen LogP contribution in [0.25, 0.3) is 0 Å². The minimum Gasteiger partial charge on any atom is -0.493 e. The van der Waals surface area contributed by atoms with E-state index < -0.39 is 27.7 Å². The summed E-state index contributed by atoms with van der Waals surface area (Å²) in [6.45, 7) is 5.91. The van der Waals surface area contributed by atoms with Crippen molar-refractivity contribution in [3.05, 3.63) is 47.5 Å². The zero-order valence-corrected chi connectivity index (χ0v) is 23.6. The number of nitrogens with two attached hydrogens (primary N) is 1. The molecule has 206 valence electrons. The lowest BCUT2D eigenvalue weighted by Crippen LogP contribution is -2.49. The van der Waals surface area contributed by atoms with Gasteiger partial charge in [-0.2, -0.15) is 4.31 Å². The molecule has 11 heteroatoms. The Labute approximate surface area is 228 Å². The largest absolute Gasteiger partial charge is 0.493 e. The number of nitrogens with zero attached hydrogens (tertiary/aromatic N) is 2. The van der Waals surface area contributed by atoms with E-state index in [1.807, 2.05) is 20.8 Å². The summed E-state index contributed by atoms with van der Waals surface area (Å²) < 4.78 is 38.9. The van der Waals surface area contributed by atoms with Gasteiger partial charge in [0.25, 0.3) is 10.0 Å². The van der Waals surface area contributed by atoms with Gasteiger partial charge >= 0.3 is 12.0 Å². The molecule has 0 radical (unpaired) electrons. The van der Waals surface area contributed by atoms with E-state index >= 15 is 0 Å². The fourth-order valence-corrected chi connectivity index (χ4v) is 6.57. The quantitative estimate of drug-likeness (QED) is 0.493. The number of ether oxygens (including phenoxy) is 2. The average Bonchev–Trinajstić information content (AvgIpc) is 2.86. The third-order valence-electron chi connectivity index (χ3n) is 6.90. The molecule has 0 spiro atoms. The first-order valence-corrected chi connectivity index (χ1v) is 14.4. The van der Waals surface area contributed by atoms with E-state index in [-0.39, 0.29) is 34.1 Å². The number of sulfonamides is 1. The van der Waals surface area contributed by atoms with Crippen LogP contribution in [-0.4, -0.2) is 45.7 Å². The molecule has 2 aliphatic rings. The van der Waals surface area contributed by atoms with Gasteiger partial charge in [0.15, 0.2) is 0 Å². The second kappa shape index (κ2) is 10.7. The van der Waals surface area contributed by atoms with E-state index in [0.717, 1.165) is 30.0 Å². The molecule has 1 heterocycles. The van der Waals surface area contributed by atoms with Gasteiger partial charge in [-0.25, -0.2) is 13.2 Å². The Balaban J connectivity index is 1.40. The summed E-state index contributed by atoms with van der Waals surface area (Å²) in [4.78, 5) is 26.7. The summed E-state index contributed by atoms with van der Waals surface area (Å²) in [7, 11) is -2.60. The SMILES string of the molecule is CN1C(=O)N(c2ccc(Cl)cc2)S(=O)(=O)c2ccc(OCC3CCC(C(N)C(=O)OC(C)(C)C)CC3)cc21. The highest BCUT2D eigenvalue weighted by Crippen LogP contribution is 2.39. The Bertz CT molecular complexity index is 1300. The lowest BCUT2D eigenvalue weighted by atomic mass is 9.79. The van der Waals surface area contributed by atoms with Gasteiger partial charge in [-0.3, -0.25) is 9.69 Å². The van der Waals surface area contributed by atoms with Gasteiger partial charge in [0.05, 0.1) is 18.0 Å². The maximum atomic E-state index is 13.3. The van der Waals surface area contributed by atoms with Crippen LogP contribution in [0.5, 0.6) is 5.75 Å². The van der Waals surface area contributed by atoms with E-state index in [1.54, 1.807) is 12.1 Å². The Morgan fingerprint density at radius 2 is 1.74 bits per heavy atom. The highest BCUT2D eigenvalue weighted by Gasteiger charge is 2.41. The molecule has 2 N–H and O–H groups in total. The number of carbonyl (C=O) groups is 2. The number of halogens is 1. The predicted molar refractivity (Wildman–Crippen MR) is 146 cm³/mol. The highest BCUT2D eigenvalue weighted by atomic mass is 35.5. The molecule has 2 aromatic rings. The summed E-state index contributed by atoms with van der Waals surface area (Å²) in [5.74, 6) is 0.454. The van der Waals surface area contributed by atoms with Crippen LogP contribution in [0.1, 0.15) is 46.5 Å². The first-order chi connectivity index (χ1) is 17.8. The lowest BCUT2D eigenvalue weighted by Gasteiger charge is -2.34. The lowest BCUT2D eigenvalue weighted by molar-refractivity contribution is -0.158. The zero-order valence-electron chi connectivity index (χ0n) is 22.0. The van der Waals surface area contributed by atoms with Crippen LogP contribution in [0.2, 0.25) is 5.02 Å². The minimum absolute atomic E-state index is 0.0125. The second-order valence-electron chi connectivity index (χ2n) is 10.9. The van der Waals surface area contributed by atoms with E-state index in [2.05, 4.69) is 0 Å². The first-order valence-electron chi connectivity index (χ1n) is 12.6. The standard InChI is InChI=1S/C27H34ClN3O6S/c1-27(2,3)37-25(32)24(29)18-7-5-17(6-8-18)16-36-21-13-14-23-22(15-21)30(4)26(33)31(38(23,34)35)20-11-9-19(28)10-12-20/h9-15,17-18,24H,5-8,16,29H2,1-4H3. The van der Waals surface area contributed by atoms with Crippen LogP contribution in [0.3, 0.4) is 0 Å². The monoisotopic (exact) mass is 563 g/mol. The van der Waals surface area contributed by atoms with Gasteiger partial charge in [0, 0.05) is 18.1 Å². The number of amides is 2. The van der Waals surface area contributed by atoms with Crippen molar-refractivity contribution >= 4 is 45.0 Å². The Hall–Kier alpha value is -2.82. The molecule has 2 aromatic carbocycles. The third-order valence-corrected chi connectivity index (χ3v) is 8.90. The molecule has 1 unspecified atom stereocenters. The molecular weight excluding hydrogens is 530 g/mol. The van der Waals surface area contributed by atoms with Crippen LogP contribution in [0, 0.1) is 11.8 Å². The van der Waals surface area contributed by atoms with Gasteiger partial charge in [-0.05, 0) is 94.7 Å². The molecule has 0 bridgehead atoms. The first kappa shape index (κ1) is 28.2. The topological polar surface area (TPSA) is 119 Å². The molecule has 0 saturated heterocycles. The molecule has 38 heavy (non-hydrogen) atoms. The average molecular weight is 564 g/mol. The van der Waals surface area contributed by atoms with Crippen LogP contribution in [0.4, 0.5) is 16.2 Å². The van der Waals surface area contributed by atoms with Crippen LogP contribution >= 0.6 is 11.6 Å². The molecule has 1 saturated carbocycles. The van der Waals surface area contributed by atoms with Gasteiger partial charge in [-0.1, -0.05) is 11.6 Å². The predicted octanol–water partition coefficient (Wildman–Crippen LogP) is 4.96. The van der Waals surface area contributed by atoms with Crippen molar-refractivity contribution in [2.45, 2.75) is 63.0 Å². The summed E-state index contributed by atoms with van der Waals surface area (Å²) >= 11 is 5.92. The molecule has 4 rings (SSSR count). The molecule has 2 amide bonds. The van der Waals surface area contributed by atoms with Crippen molar-refractivity contribution in [1.82, 2.24) is 0 Å². The number of esters is 1. The second-order valence-corrected chi connectivity index (χ2v) is 13.1. The van der Waals surface area contributed by atoms with Crippen LogP contribution in [0.15, 0.2) is 47.4 Å². The van der Waals surface area contributed by atoms with Crippen molar-refractivity contribution in [3.63, 3.8) is 0 Å². The summed E-state index contributed by atoms with van der Waals surface area (Å²) in [6, 6.07) is 9.35. The van der Waals surface area contributed by atoms with Gasteiger partial charge in [0.1, 0.15) is 22.3 Å². The molecule has 9 nitrogen and oxygen atoms in total. The molecular formula is C27H34ClN3O6S. The Morgan fingerprint density at radius 1 is 1.11 bits per heavy atom. The van der Waals surface area contributed by atoms with Gasteiger partial charge in [0.2, 0.25) is 0 Å². The molecule has 1 fully saturated rings. The van der Waals surface area contributed by atoms with Crippen molar-refractivity contribution < 1.29 is 27.5 Å².